The minimum atomic E-state index is -0.569. The molecule has 0 aliphatic heterocycles. The fraction of sp³-hybridized carbons (Fsp3) is 0.850. The maximum Gasteiger partial charge on any atom is 0.139 e. The molecule has 4 atom stereocenters. The van der Waals surface area contributed by atoms with Crippen LogP contribution in [0.3, 0.4) is 0 Å². The summed E-state index contributed by atoms with van der Waals surface area (Å²) >= 11 is 0. The molecule has 1 unspecified atom stereocenters. The largest absolute Gasteiger partial charge is 0.396 e. The molecule has 0 bridgehead atoms. The molecule has 0 saturated heterocycles. The van der Waals surface area contributed by atoms with Crippen molar-refractivity contribution < 1.29 is 20.1 Å². The minimum Gasteiger partial charge on any atom is -0.396 e. The van der Waals surface area contributed by atoms with Crippen LogP contribution in [0.5, 0.6) is 0 Å². The van der Waals surface area contributed by atoms with E-state index in [2.05, 4.69) is 6.92 Å². The average molecular weight is 341 g/mol. The van der Waals surface area contributed by atoms with Gasteiger partial charge in [-0.25, -0.2) is 0 Å². The highest BCUT2D eigenvalue weighted by molar-refractivity contribution is 5.84. The summed E-state index contributed by atoms with van der Waals surface area (Å²) in [6.07, 6.45) is 12.7. The summed E-state index contributed by atoms with van der Waals surface area (Å²) in [7, 11) is 0. The molecule has 0 heterocycles. The van der Waals surface area contributed by atoms with Gasteiger partial charge in [-0.05, 0) is 25.7 Å². The quantitative estimate of drug-likeness (QED) is 0.355. The Balaban J connectivity index is 2.37. The number of hydrogen-bond donors (Lipinski definition) is 3. The normalized spacial score (nSPS) is 25.7. The fourth-order valence-electron chi connectivity index (χ4n) is 3.55. The van der Waals surface area contributed by atoms with Crippen LogP contribution in [-0.4, -0.2) is 39.9 Å². The summed E-state index contributed by atoms with van der Waals surface area (Å²) in [4.78, 5) is 12.1. The number of aliphatic hydroxyl groups is 3. The smallest absolute Gasteiger partial charge is 0.139 e. The first-order valence-corrected chi connectivity index (χ1v) is 9.76. The van der Waals surface area contributed by atoms with Crippen LogP contribution in [0.1, 0.15) is 77.6 Å². The number of hydrogen-bond acceptors (Lipinski definition) is 4. The van der Waals surface area contributed by atoms with Gasteiger partial charge in [-0.15, -0.1) is 0 Å². The zero-order valence-corrected chi connectivity index (χ0v) is 15.2. The van der Waals surface area contributed by atoms with Gasteiger partial charge in [0.1, 0.15) is 5.78 Å². The number of ketones is 1. The van der Waals surface area contributed by atoms with Crippen molar-refractivity contribution in [2.75, 3.05) is 6.61 Å². The average Bonchev–Trinajstić information content (AvgIpc) is 2.82. The Hall–Kier alpha value is -0.710. The number of Topliss-reactive ketones (excluding diaryl/α,β-unsaturated/α-hetero) is 1. The van der Waals surface area contributed by atoms with E-state index < -0.39 is 6.10 Å². The van der Waals surface area contributed by atoms with Crippen molar-refractivity contribution >= 4 is 5.78 Å². The maximum absolute atomic E-state index is 12.1. The topological polar surface area (TPSA) is 77.8 Å². The lowest BCUT2D eigenvalue weighted by Crippen LogP contribution is -2.18. The van der Waals surface area contributed by atoms with Gasteiger partial charge in [-0.1, -0.05) is 57.6 Å². The van der Waals surface area contributed by atoms with Gasteiger partial charge >= 0.3 is 0 Å². The van der Waals surface area contributed by atoms with Crippen LogP contribution in [0.15, 0.2) is 12.2 Å². The van der Waals surface area contributed by atoms with Crippen LogP contribution in [0.4, 0.5) is 0 Å². The van der Waals surface area contributed by atoms with E-state index in [9.17, 15) is 15.0 Å². The van der Waals surface area contributed by atoms with Crippen LogP contribution >= 0.6 is 0 Å². The van der Waals surface area contributed by atoms with Crippen molar-refractivity contribution in [3.8, 4) is 0 Å². The second-order valence-electron chi connectivity index (χ2n) is 7.16. The molecule has 4 heteroatoms. The fourth-order valence-corrected chi connectivity index (χ4v) is 3.55. The standard InChI is InChI=1S/C20H36O4/c1-2-3-10-16(22)11-9-13-18-17(19(23)15-20(18)24)12-7-5-4-6-8-14-21/h9,13,16-18,20-22,24H,2-8,10-12,14-15H2,1H3/t16?,17-,18-,20-/m1/s1. The number of unbranched alkanes of at least 4 members (excludes halogenated alkanes) is 5. The SMILES string of the molecule is CCCCC(O)CC=C[C@H]1[C@H](O)CC(=O)[C@@H]1CCCCCCCO. The van der Waals surface area contributed by atoms with Crippen molar-refractivity contribution in [2.45, 2.75) is 89.8 Å². The van der Waals surface area contributed by atoms with Gasteiger partial charge in [-0.3, -0.25) is 4.79 Å². The molecule has 1 saturated carbocycles. The molecule has 0 amide bonds. The van der Waals surface area contributed by atoms with Gasteiger partial charge in [0.25, 0.3) is 0 Å². The molecule has 0 radical (unpaired) electrons. The number of aliphatic hydroxyl groups excluding tert-OH is 3. The summed E-state index contributed by atoms with van der Waals surface area (Å²) in [6.45, 7) is 2.36. The highest BCUT2D eigenvalue weighted by Crippen LogP contribution is 2.34. The second kappa shape index (κ2) is 12.6. The molecule has 0 aromatic rings. The summed E-state index contributed by atoms with van der Waals surface area (Å²) in [5.74, 6) is 0.0224. The van der Waals surface area contributed by atoms with E-state index in [1.165, 1.54) is 0 Å². The van der Waals surface area contributed by atoms with Crippen molar-refractivity contribution in [1.29, 1.82) is 0 Å². The number of carbonyl (C=O) groups excluding carboxylic acids is 1. The molecule has 0 aromatic carbocycles. The molecular weight excluding hydrogens is 304 g/mol. The molecule has 24 heavy (non-hydrogen) atoms. The Kier molecular flexibility index (Phi) is 11.2. The van der Waals surface area contributed by atoms with E-state index in [1.54, 1.807) is 0 Å². The summed E-state index contributed by atoms with van der Waals surface area (Å²) < 4.78 is 0. The van der Waals surface area contributed by atoms with Crippen LogP contribution < -0.4 is 0 Å². The van der Waals surface area contributed by atoms with Gasteiger partial charge in [0.15, 0.2) is 0 Å². The number of rotatable bonds is 13. The molecule has 0 spiro atoms. The summed E-state index contributed by atoms with van der Waals surface area (Å²) in [6, 6.07) is 0. The van der Waals surface area contributed by atoms with Crippen molar-refractivity contribution in [2.24, 2.45) is 11.8 Å². The minimum absolute atomic E-state index is 0.0677. The third-order valence-corrected chi connectivity index (χ3v) is 5.06. The maximum atomic E-state index is 12.1. The Bertz CT molecular complexity index is 367. The Morgan fingerprint density at radius 2 is 1.88 bits per heavy atom. The van der Waals surface area contributed by atoms with E-state index in [-0.39, 0.29) is 36.8 Å². The molecule has 0 aromatic heterocycles. The monoisotopic (exact) mass is 340 g/mol. The molecule has 3 N–H and O–H groups in total. The lowest BCUT2D eigenvalue weighted by atomic mass is 9.88. The highest BCUT2D eigenvalue weighted by Gasteiger charge is 2.39. The molecule has 1 aliphatic rings. The second-order valence-corrected chi connectivity index (χ2v) is 7.16. The zero-order chi connectivity index (χ0) is 17.8. The third-order valence-electron chi connectivity index (χ3n) is 5.06. The first-order valence-electron chi connectivity index (χ1n) is 9.76. The zero-order valence-electron chi connectivity index (χ0n) is 15.2. The van der Waals surface area contributed by atoms with Crippen LogP contribution in [0.25, 0.3) is 0 Å². The molecule has 140 valence electrons. The first-order chi connectivity index (χ1) is 11.6. The van der Waals surface area contributed by atoms with E-state index in [0.717, 1.165) is 57.8 Å². The highest BCUT2D eigenvalue weighted by atomic mass is 16.3. The molecule has 1 aliphatic carbocycles. The van der Waals surface area contributed by atoms with E-state index >= 15 is 0 Å². The third kappa shape index (κ3) is 7.91. The predicted molar refractivity (Wildman–Crippen MR) is 96.7 cm³/mol. The molecule has 1 fully saturated rings. The number of carbonyl (C=O) groups is 1. The van der Waals surface area contributed by atoms with Gasteiger partial charge in [-0.2, -0.15) is 0 Å². The lowest BCUT2D eigenvalue weighted by molar-refractivity contribution is -0.121. The van der Waals surface area contributed by atoms with Crippen LogP contribution in [-0.2, 0) is 4.79 Å². The van der Waals surface area contributed by atoms with Gasteiger partial charge in [0, 0.05) is 24.9 Å². The van der Waals surface area contributed by atoms with Gasteiger partial charge in [0.2, 0.25) is 0 Å². The Labute approximate surface area is 147 Å². The Morgan fingerprint density at radius 1 is 1.17 bits per heavy atom. The molecule has 4 nitrogen and oxygen atoms in total. The van der Waals surface area contributed by atoms with Crippen molar-refractivity contribution in [3.63, 3.8) is 0 Å². The van der Waals surface area contributed by atoms with E-state index in [4.69, 9.17) is 5.11 Å². The van der Waals surface area contributed by atoms with Gasteiger partial charge in [0.05, 0.1) is 12.2 Å². The lowest BCUT2D eigenvalue weighted by Gasteiger charge is -2.17. The Morgan fingerprint density at radius 3 is 2.58 bits per heavy atom. The molecular formula is C20H36O4. The van der Waals surface area contributed by atoms with Crippen LogP contribution in [0, 0.1) is 11.8 Å². The summed E-state index contributed by atoms with van der Waals surface area (Å²) in [5, 5.41) is 28.8. The first kappa shape index (κ1) is 21.3. The summed E-state index contributed by atoms with van der Waals surface area (Å²) in [5.41, 5.74) is 0. The van der Waals surface area contributed by atoms with Crippen molar-refractivity contribution in [1.82, 2.24) is 0 Å². The predicted octanol–water partition coefficient (Wildman–Crippen LogP) is 3.38. The van der Waals surface area contributed by atoms with Crippen LogP contribution in [0.2, 0.25) is 0 Å². The van der Waals surface area contributed by atoms with E-state index in [0.29, 0.717) is 6.42 Å². The van der Waals surface area contributed by atoms with Crippen molar-refractivity contribution in [3.05, 3.63) is 12.2 Å². The van der Waals surface area contributed by atoms with Gasteiger partial charge < -0.3 is 15.3 Å². The molecule has 1 rings (SSSR count). The van der Waals surface area contributed by atoms with E-state index in [1.807, 2.05) is 12.2 Å².